The molecule has 1 aliphatic heterocycles. The van der Waals surface area contributed by atoms with Crippen molar-refractivity contribution in [3.63, 3.8) is 0 Å². The minimum atomic E-state index is 0.101. The fourth-order valence-corrected chi connectivity index (χ4v) is 3.86. The van der Waals surface area contributed by atoms with E-state index >= 15 is 0 Å². The lowest BCUT2D eigenvalue weighted by molar-refractivity contribution is -0.129. The topological polar surface area (TPSA) is 90.9 Å². The van der Waals surface area contributed by atoms with Crippen molar-refractivity contribution in [2.75, 3.05) is 31.1 Å². The maximum atomic E-state index is 11.7. The first-order valence-corrected chi connectivity index (χ1v) is 10.3. The van der Waals surface area contributed by atoms with Gasteiger partial charge in [-0.15, -0.1) is 0 Å². The molecule has 0 radical (unpaired) electrons. The summed E-state index contributed by atoms with van der Waals surface area (Å²) in [6.45, 7) is 8.32. The third-order valence-corrected chi connectivity index (χ3v) is 5.44. The molecule has 0 atom stereocenters. The van der Waals surface area contributed by atoms with E-state index in [1.54, 1.807) is 17.7 Å². The van der Waals surface area contributed by atoms with Crippen LogP contribution in [0.5, 0.6) is 0 Å². The molecule has 0 bridgehead atoms. The number of nitriles is 1. The number of hydrogen-bond donors (Lipinski definition) is 0. The standard InChI is InChI=1S/C23H25N7O/c1-16-11-17(2)30(27-16)23-25-21(13-19-5-4-6-20(12-19)15-24)14-22(26-23)29-9-7-28(8-10-29)18(3)31/h4-6,11-12,14H,7-10,13H2,1-3H3. The highest BCUT2D eigenvalue weighted by molar-refractivity contribution is 5.73. The Morgan fingerprint density at radius 3 is 2.52 bits per heavy atom. The van der Waals surface area contributed by atoms with E-state index in [0.29, 0.717) is 31.0 Å². The molecule has 8 nitrogen and oxygen atoms in total. The van der Waals surface area contributed by atoms with E-state index in [-0.39, 0.29) is 5.91 Å². The molecule has 0 spiro atoms. The van der Waals surface area contributed by atoms with Gasteiger partial charge in [0.1, 0.15) is 5.82 Å². The van der Waals surface area contributed by atoms with E-state index in [4.69, 9.17) is 9.97 Å². The van der Waals surface area contributed by atoms with Crippen LogP contribution in [0.25, 0.3) is 5.95 Å². The number of anilines is 1. The molecular formula is C23H25N7O. The minimum absolute atomic E-state index is 0.101. The van der Waals surface area contributed by atoms with Gasteiger partial charge in [0.15, 0.2) is 0 Å². The first-order chi connectivity index (χ1) is 14.9. The number of carbonyl (C=O) groups is 1. The van der Waals surface area contributed by atoms with Gasteiger partial charge in [0, 0.05) is 51.3 Å². The molecule has 0 unspecified atom stereocenters. The first kappa shape index (κ1) is 20.5. The van der Waals surface area contributed by atoms with Crippen molar-refractivity contribution >= 4 is 11.7 Å². The summed E-state index contributed by atoms with van der Waals surface area (Å²) in [4.78, 5) is 25.3. The smallest absolute Gasteiger partial charge is 0.252 e. The summed E-state index contributed by atoms with van der Waals surface area (Å²) in [5, 5.41) is 13.8. The van der Waals surface area contributed by atoms with Gasteiger partial charge in [-0.2, -0.15) is 15.3 Å². The van der Waals surface area contributed by atoms with Gasteiger partial charge in [0.25, 0.3) is 5.95 Å². The van der Waals surface area contributed by atoms with Gasteiger partial charge in [-0.05, 0) is 37.6 Å². The van der Waals surface area contributed by atoms with Crippen molar-refractivity contribution in [1.29, 1.82) is 5.26 Å². The summed E-state index contributed by atoms with van der Waals surface area (Å²) in [6, 6.07) is 13.8. The number of carbonyl (C=O) groups excluding carboxylic acids is 1. The Kier molecular flexibility index (Phi) is 5.67. The summed E-state index contributed by atoms with van der Waals surface area (Å²) in [5.74, 6) is 1.46. The summed E-state index contributed by atoms with van der Waals surface area (Å²) >= 11 is 0. The SMILES string of the molecule is CC(=O)N1CCN(c2cc(Cc3cccc(C#N)c3)nc(-n3nc(C)cc3C)n2)CC1. The van der Waals surface area contributed by atoms with Crippen molar-refractivity contribution in [2.24, 2.45) is 0 Å². The zero-order valence-electron chi connectivity index (χ0n) is 18.0. The maximum Gasteiger partial charge on any atom is 0.252 e. The van der Waals surface area contributed by atoms with Crippen LogP contribution in [0.2, 0.25) is 0 Å². The molecule has 1 aromatic carbocycles. The van der Waals surface area contributed by atoms with Crippen LogP contribution >= 0.6 is 0 Å². The second kappa shape index (κ2) is 8.56. The van der Waals surface area contributed by atoms with Crippen LogP contribution in [0.15, 0.2) is 36.4 Å². The molecule has 31 heavy (non-hydrogen) atoms. The molecule has 4 rings (SSSR count). The lowest BCUT2D eigenvalue weighted by Crippen LogP contribution is -2.48. The Bertz CT molecular complexity index is 1150. The van der Waals surface area contributed by atoms with Gasteiger partial charge in [-0.3, -0.25) is 4.79 Å². The lowest BCUT2D eigenvalue weighted by Gasteiger charge is -2.35. The van der Waals surface area contributed by atoms with Gasteiger partial charge in [-0.1, -0.05) is 12.1 Å². The Labute approximate surface area is 181 Å². The number of hydrogen-bond acceptors (Lipinski definition) is 6. The number of nitrogens with zero attached hydrogens (tertiary/aromatic N) is 7. The second-order valence-corrected chi connectivity index (χ2v) is 7.84. The average Bonchev–Trinajstić information content (AvgIpc) is 3.11. The highest BCUT2D eigenvalue weighted by atomic mass is 16.2. The quantitative estimate of drug-likeness (QED) is 0.650. The van der Waals surface area contributed by atoms with Crippen molar-refractivity contribution in [1.82, 2.24) is 24.6 Å². The van der Waals surface area contributed by atoms with Gasteiger partial charge >= 0.3 is 0 Å². The van der Waals surface area contributed by atoms with E-state index in [2.05, 4.69) is 16.1 Å². The minimum Gasteiger partial charge on any atom is -0.353 e. The van der Waals surface area contributed by atoms with Crippen molar-refractivity contribution in [3.8, 4) is 12.0 Å². The van der Waals surface area contributed by atoms with Crippen LogP contribution in [0.4, 0.5) is 5.82 Å². The largest absolute Gasteiger partial charge is 0.353 e. The Balaban J connectivity index is 1.70. The van der Waals surface area contributed by atoms with Gasteiger partial charge < -0.3 is 9.80 Å². The number of aromatic nitrogens is 4. The van der Waals surface area contributed by atoms with E-state index in [9.17, 15) is 10.1 Å². The van der Waals surface area contributed by atoms with E-state index in [1.165, 1.54) is 0 Å². The van der Waals surface area contributed by atoms with Crippen LogP contribution in [0, 0.1) is 25.2 Å². The predicted molar refractivity (Wildman–Crippen MR) is 117 cm³/mol. The maximum absolute atomic E-state index is 11.7. The fourth-order valence-electron chi connectivity index (χ4n) is 3.86. The molecule has 1 amide bonds. The summed E-state index contributed by atoms with van der Waals surface area (Å²) in [5.41, 5.74) is 4.38. The van der Waals surface area contributed by atoms with Gasteiger partial charge in [0.05, 0.1) is 23.0 Å². The van der Waals surface area contributed by atoms with E-state index < -0.39 is 0 Å². The third-order valence-electron chi connectivity index (χ3n) is 5.44. The zero-order chi connectivity index (χ0) is 22.0. The molecule has 1 saturated heterocycles. The second-order valence-electron chi connectivity index (χ2n) is 7.84. The molecule has 158 valence electrons. The Morgan fingerprint density at radius 1 is 1.10 bits per heavy atom. The first-order valence-electron chi connectivity index (χ1n) is 10.3. The normalized spacial score (nSPS) is 13.9. The number of piperazine rings is 1. The summed E-state index contributed by atoms with van der Waals surface area (Å²) in [7, 11) is 0. The highest BCUT2D eigenvalue weighted by Crippen LogP contribution is 2.20. The number of rotatable bonds is 4. The molecular weight excluding hydrogens is 390 g/mol. The summed E-state index contributed by atoms with van der Waals surface area (Å²) < 4.78 is 1.76. The molecule has 1 fully saturated rings. The van der Waals surface area contributed by atoms with Gasteiger partial charge in [-0.25, -0.2) is 9.67 Å². The molecule has 3 heterocycles. The average molecular weight is 416 g/mol. The van der Waals surface area contributed by atoms with Crippen LogP contribution in [0.3, 0.4) is 0 Å². The van der Waals surface area contributed by atoms with Crippen molar-refractivity contribution in [3.05, 3.63) is 64.6 Å². The molecule has 0 N–H and O–H groups in total. The van der Waals surface area contributed by atoms with Crippen LogP contribution in [-0.4, -0.2) is 56.7 Å². The predicted octanol–water partition coefficient (Wildman–Crippen LogP) is 2.41. The zero-order valence-corrected chi connectivity index (χ0v) is 18.0. The summed E-state index contributed by atoms with van der Waals surface area (Å²) in [6.07, 6.45) is 0.588. The van der Waals surface area contributed by atoms with Crippen LogP contribution < -0.4 is 4.90 Å². The van der Waals surface area contributed by atoms with E-state index in [1.807, 2.05) is 49.1 Å². The van der Waals surface area contributed by atoms with Crippen molar-refractivity contribution < 1.29 is 4.79 Å². The monoisotopic (exact) mass is 415 g/mol. The Hall–Kier alpha value is -3.73. The Morgan fingerprint density at radius 2 is 1.87 bits per heavy atom. The van der Waals surface area contributed by atoms with E-state index in [0.717, 1.165) is 41.6 Å². The number of benzene rings is 1. The van der Waals surface area contributed by atoms with Gasteiger partial charge in [0.2, 0.25) is 5.91 Å². The van der Waals surface area contributed by atoms with Crippen LogP contribution in [0.1, 0.15) is 35.1 Å². The lowest BCUT2D eigenvalue weighted by atomic mass is 10.1. The van der Waals surface area contributed by atoms with Crippen LogP contribution in [-0.2, 0) is 11.2 Å². The third kappa shape index (κ3) is 4.56. The molecule has 1 aliphatic rings. The fraction of sp³-hybridized carbons (Fsp3) is 0.348. The molecule has 0 saturated carbocycles. The number of amides is 1. The molecule has 3 aromatic rings. The van der Waals surface area contributed by atoms with Crippen molar-refractivity contribution in [2.45, 2.75) is 27.2 Å². The number of aryl methyl sites for hydroxylation is 2. The molecule has 2 aromatic heterocycles. The highest BCUT2D eigenvalue weighted by Gasteiger charge is 2.21. The molecule has 8 heteroatoms. The molecule has 0 aliphatic carbocycles.